The van der Waals surface area contributed by atoms with E-state index in [1.54, 1.807) is 32.9 Å². The summed E-state index contributed by atoms with van der Waals surface area (Å²) in [5.41, 5.74) is -0.432. The van der Waals surface area contributed by atoms with E-state index in [0.29, 0.717) is 12.0 Å². The van der Waals surface area contributed by atoms with Crippen LogP contribution in [0, 0.1) is 11.2 Å². The molecule has 1 aromatic carbocycles. The van der Waals surface area contributed by atoms with Crippen LogP contribution in [0.25, 0.3) is 0 Å². The lowest BCUT2D eigenvalue weighted by Crippen LogP contribution is -2.29. The van der Waals surface area contributed by atoms with Gasteiger partial charge in [0.15, 0.2) is 0 Å². The molecule has 2 aromatic rings. The largest absolute Gasteiger partial charge is 0.486 e. The molecule has 0 spiro atoms. The standard InChI is InChI=1S/C22H28FNO5/c1-5-6-11-28-18-17(25)16(20(26)22(2,3)4)13-29-19(18)21(27)24-12-14-7-9-15(23)10-8-14/h7-10,13,20,26H,5-6,11-12H2,1-4H3,(H,24,27). The zero-order valence-electron chi connectivity index (χ0n) is 17.3. The monoisotopic (exact) mass is 405 g/mol. The van der Waals surface area contributed by atoms with Gasteiger partial charge in [-0.25, -0.2) is 4.39 Å². The van der Waals surface area contributed by atoms with Crippen LogP contribution in [0.3, 0.4) is 0 Å². The summed E-state index contributed by atoms with van der Waals surface area (Å²) in [4.78, 5) is 25.5. The fraction of sp³-hybridized carbons (Fsp3) is 0.455. The molecule has 0 saturated carbocycles. The molecule has 1 unspecified atom stereocenters. The molecule has 1 aromatic heterocycles. The zero-order chi connectivity index (χ0) is 21.6. The summed E-state index contributed by atoms with van der Waals surface area (Å²) in [6.07, 6.45) is 1.57. The number of hydrogen-bond acceptors (Lipinski definition) is 5. The molecule has 1 heterocycles. The summed E-state index contributed by atoms with van der Waals surface area (Å²) in [7, 11) is 0. The Morgan fingerprint density at radius 3 is 2.52 bits per heavy atom. The number of aliphatic hydroxyl groups is 1. The molecular formula is C22H28FNO5. The van der Waals surface area contributed by atoms with E-state index in [-0.39, 0.29) is 36.0 Å². The maximum atomic E-state index is 13.0. The Kier molecular flexibility index (Phi) is 7.56. The first kappa shape index (κ1) is 22.6. The quantitative estimate of drug-likeness (QED) is 0.649. The number of carbonyl (C=O) groups is 1. The summed E-state index contributed by atoms with van der Waals surface area (Å²) in [5, 5.41) is 13.1. The normalized spacial score (nSPS) is 12.5. The number of aliphatic hydroxyl groups excluding tert-OH is 1. The van der Waals surface area contributed by atoms with E-state index < -0.39 is 22.9 Å². The molecule has 6 nitrogen and oxygen atoms in total. The first-order valence-electron chi connectivity index (χ1n) is 9.64. The Labute approximate surface area is 169 Å². The van der Waals surface area contributed by atoms with Gasteiger partial charge in [-0.3, -0.25) is 9.59 Å². The van der Waals surface area contributed by atoms with Crippen LogP contribution in [0.4, 0.5) is 4.39 Å². The molecule has 29 heavy (non-hydrogen) atoms. The second kappa shape index (κ2) is 9.69. The van der Waals surface area contributed by atoms with Gasteiger partial charge in [0.25, 0.3) is 5.91 Å². The molecule has 7 heteroatoms. The Hall–Kier alpha value is -2.67. The van der Waals surface area contributed by atoms with Gasteiger partial charge in [-0.2, -0.15) is 0 Å². The summed E-state index contributed by atoms with van der Waals surface area (Å²) < 4.78 is 24.0. The third kappa shape index (κ3) is 5.90. The van der Waals surface area contributed by atoms with Crippen molar-refractivity contribution in [3.05, 3.63) is 63.5 Å². The van der Waals surface area contributed by atoms with Gasteiger partial charge in [0.1, 0.15) is 12.1 Å². The average Bonchev–Trinajstić information content (AvgIpc) is 2.67. The van der Waals surface area contributed by atoms with Gasteiger partial charge < -0.3 is 19.6 Å². The van der Waals surface area contributed by atoms with Crippen LogP contribution < -0.4 is 15.5 Å². The number of halogens is 1. The number of ether oxygens (including phenoxy) is 1. The fourth-order valence-corrected chi connectivity index (χ4v) is 2.59. The minimum atomic E-state index is -1.08. The number of hydrogen-bond donors (Lipinski definition) is 2. The predicted octanol–water partition coefficient (Wildman–Crippen LogP) is 3.97. The lowest BCUT2D eigenvalue weighted by molar-refractivity contribution is 0.0590. The molecule has 0 aliphatic carbocycles. The van der Waals surface area contributed by atoms with Crippen molar-refractivity contribution < 1.29 is 23.4 Å². The van der Waals surface area contributed by atoms with Gasteiger partial charge in [-0.1, -0.05) is 46.2 Å². The van der Waals surface area contributed by atoms with Crippen molar-refractivity contribution in [3.63, 3.8) is 0 Å². The summed E-state index contributed by atoms with van der Waals surface area (Å²) >= 11 is 0. The topological polar surface area (TPSA) is 88.8 Å². The lowest BCUT2D eigenvalue weighted by atomic mass is 9.85. The molecule has 158 valence electrons. The minimum absolute atomic E-state index is 0.0408. The van der Waals surface area contributed by atoms with E-state index in [0.717, 1.165) is 12.7 Å². The third-order valence-corrected chi connectivity index (χ3v) is 4.41. The van der Waals surface area contributed by atoms with Crippen LogP contribution in [0.2, 0.25) is 0 Å². The molecule has 1 amide bonds. The molecule has 0 aliphatic rings. The highest BCUT2D eigenvalue weighted by Gasteiger charge is 2.30. The van der Waals surface area contributed by atoms with E-state index >= 15 is 0 Å². The van der Waals surface area contributed by atoms with Crippen molar-refractivity contribution in [2.24, 2.45) is 5.41 Å². The number of benzene rings is 1. The highest BCUT2D eigenvalue weighted by Crippen LogP contribution is 2.32. The highest BCUT2D eigenvalue weighted by molar-refractivity contribution is 5.93. The van der Waals surface area contributed by atoms with Gasteiger partial charge in [0.2, 0.25) is 16.9 Å². The van der Waals surface area contributed by atoms with Crippen molar-refractivity contribution in [3.8, 4) is 5.75 Å². The number of unbranched alkanes of at least 4 members (excludes halogenated alkanes) is 1. The third-order valence-electron chi connectivity index (χ3n) is 4.41. The fourth-order valence-electron chi connectivity index (χ4n) is 2.59. The Balaban J connectivity index is 2.30. The molecule has 2 N–H and O–H groups in total. The van der Waals surface area contributed by atoms with Gasteiger partial charge >= 0.3 is 0 Å². The van der Waals surface area contributed by atoms with Crippen LogP contribution in [0.5, 0.6) is 5.75 Å². The van der Waals surface area contributed by atoms with Crippen molar-refractivity contribution >= 4 is 5.91 Å². The molecule has 0 saturated heterocycles. The lowest BCUT2D eigenvalue weighted by Gasteiger charge is -2.25. The molecule has 1 atom stereocenters. The van der Waals surface area contributed by atoms with Crippen LogP contribution in [-0.2, 0) is 6.54 Å². The Morgan fingerprint density at radius 2 is 1.93 bits per heavy atom. The number of rotatable bonds is 8. The van der Waals surface area contributed by atoms with Gasteiger partial charge in [-0.05, 0) is 29.5 Å². The summed E-state index contributed by atoms with van der Waals surface area (Å²) in [6, 6.07) is 5.69. The van der Waals surface area contributed by atoms with E-state index in [9.17, 15) is 19.1 Å². The number of amides is 1. The summed E-state index contributed by atoms with van der Waals surface area (Å²) in [6.45, 7) is 7.72. The van der Waals surface area contributed by atoms with Crippen LogP contribution in [-0.4, -0.2) is 17.6 Å². The summed E-state index contributed by atoms with van der Waals surface area (Å²) in [5.74, 6) is -1.46. The van der Waals surface area contributed by atoms with E-state index in [2.05, 4.69) is 5.32 Å². The molecule has 0 aliphatic heterocycles. The van der Waals surface area contributed by atoms with Crippen molar-refractivity contribution in [1.29, 1.82) is 0 Å². The average molecular weight is 405 g/mol. The van der Waals surface area contributed by atoms with E-state index in [4.69, 9.17) is 9.15 Å². The van der Waals surface area contributed by atoms with Crippen LogP contribution in [0.15, 0.2) is 39.7 Å². The minimum Gasteiger partial charge on any atom is -0.486 e. The predicted molar refractivity (Wildman–Crippen MR) is 107 cm³/mol. The van der Waals surface area contributed by atoms with Gasteiger partial charge in [0.05, 0.1) is 18.3 Å². The molecule has 0 bridgehead atoms. The van der Waals surface area contributed by atoms with Crippen molar-refractivity contribution in [2.75, 3.05) is 6.61 Å². The number of carbonyl (C=O) groups excluding carboxylic acids is 1. The van der Waals surface area contributed by atoms with Crippen molar-refractivity contribution in [2.45, 2.75) is 53.2 Å². The van der Waals surface area contributed by atoms with Gasteiger partial charge in [0, 0.05) is 6.54 Å². The maximum Gasteiger partial charge on any atom is 0.291 e. The highest BCUT2D eigenvalue weighted by atomic mass is 19.1. The molecular weight excluding hydrogens is 377 g/mol. The molecule has 0 fully saturated rings. The number of nitrogens with one attached hydrogen (secondary N) is 1. The molecule has 2 rings (SSSR count). The Morgan fingerprint density at radius 1 is 1.28 bits per heavy atom. The van der Waals surface area contributed by atoms with Crippen molar-refractivity contribution in [1.82, 2.24) is 5.32 Å². The first-order valence-corrected chi connectivity index (χ1v) is 9.64. The second-order valence-electron chi connectivity index (χ2n) is 7.96. The van der Waals surface area contributed by atoms with E-state index in [1.165, 1.54) is 12.1 Å². The van der Waals surface area contributed by atoms with Gasteiger partial charge in [-0.15, -0.1) is 0 Å². The SMILES string of the molecule is CCCCOc1c(C(=O)NCc2ccc(F)cc2)occ(C(O)C(C)(C)C)c1=O. The first-order chi connectivity index (χ1) is 13.6. The Bertz CT molecular complexity index is 884. The maximum absolute atomic E-state index is 13.0. The van der Waals surface area contributed by atoms with Crippen LogP contribution in [0.1, 0.15) is 68.3 Å². The smallest absolute Gasteiger partial charge is 0.291 e. The zero-order valence-corrected chi connectivity index (χ0v) is 17.3. The second-order valence-corrected chi connectivity index (χ2v) is 7.96. The van der Waals surface area contributed by atoms with Crippen LogP contribution >= 0.6 is 0 Å². The van der Waals surface area contributed by atoms with E-state index in [1.807, 2.05) is 6.92 Å². The molecule has 0 radical (unpaired) electrons.